The number of fused-ring (bicyclic) bond motifs is 1. The highest BCUT2D eigenvalue weighted by molar-refractivity contribution is 5.44. The Morgan fingerprint density at radius 2 is 2.07 bits per heavy atom. The van der Waals surface area contributed by atoms with Crippen LogP contribution < -0.4 is 14.8 Å². The van der Waals surface area contributed by atoms with Crippen molar-refractivity contribution in [3.63, 3.8) is 0 Å². The summed E-state index contributed by atoms with van der Waals surface area (Å²) in [5.41, 5.74) is 3.16. The second-order valence-electron chi connectivity index (χ2n) is 7.66. The molecular formula is C22H28N6O2. The molecule has 1 aromatic carbocycles. The topological polar surface area (TPSA) is 77.3 Å². The van der Waals surface area contributed by atoms with E-state index in [9.17, 15) is 0 Å². The molecule has 0 spiro atoms. The predicted octanol–water partition coefficient (Wildman–Crippen LogP) is 2.87. The Morgan fingerprint density at radius 3 is 2.90 bits per heavy atom. The molecule has 3 aromatic rings. The molecule has 0 saturated heterocycles. The molecule has 8 nitrogen and oxygen atoms in total. The second kappa shape index (κ2) is 9.23. The van der Waals surface area contributed by atoms with Gasteiger partial charge in [0.2, 0.25) is 12.7 Å². The number of ether oxygens (including phenoxy) is 2. The fourth-order valence-electron chi connectivity index (χ4n) is 3.49. The molecule has 0 amide bonds. The molecule has 1 atom stereocenters. The van der Waals surface area contributed by atoms with Gasteiger partial charge < -0.3 is 19.7 Å². The van der Waals surface area contributed by atoms with Crippen LogP contribution in [-0.4, -0.2) is 51.3 Å². The highest BCUT2D eigenvalue weighted by atomic mass is 16.7. The van der Waals surface area contributed by atoms with Crippen molar-refractivity contribution < 1.29 is 9.47 Å². The molecule has 2 aromatic heterocycles. The summed E-state index contributed by atoms with van der Waals surface area (Å²) in [5, 5.41) is 3.57. The summed E-state index contributed by atoms with van der Waals surface area (Å²) in [5.74, 6) is 2.32. The van der Waals surface area contributed by atoms with Crippen LogP contribution in [0.2, 0.25) is 0 Å². The first-order chi connectivity index (χ1) is 14.6. The van der Waals surface area contributed by atoms with E-state index in [0.717, 1.165) is 48.9 Å². The van der Waals surface area contributed by atoms with Crippen molar-refractivity contribution in [3.05, 3.63) is 59.9 Å². The minimum atomic E-state index is 0.146. The smallest absolute Gasteiger partial charge is 0.235 e. The van der Waals surface area contributed by atoms with Crippen LogP contribution in [0.5, 0.6) is 11.5 Å². The molecule has 1 N–H and O–H groups in total. The normalized spacial score (nSPS) is 13.7. The molecule has 1 unspecified atom stereocenters. The van der Waals surface area contributed by atoms with Crippen LogP contribution in [0.1, 0.15) is 36.3 Å². The average molecular weight is 409 g/mol. The summed E-state index contributed by atoms with van der Waals surface area (Å²) < 4.78 is 12.7. The molecule has 1 aliphatic heterocycles. The first kappa shape index (κ1) is 20.3. The monoisotopic (exact) mass is 408 g/mol. The Bertz CT molecular complexity index is 976. The zero-order valence-corrected chi connectivity index (χ0v) is 17.7. The van der Waals surface area contributed by atoms with Crippen molar-refractivity contribution in [1.82, 2.24) is 29.7 Å². The van der Waals surface area contributed by atoms with E-state index in [0.29, 0.717) is 12.7 Å². The zero-order valence-electron chi connectivity index (χ0n) is 17.7. The minimum absolute atomic E-state index is 0.146. The molecule has 0 aliphatic carbocycles. The lowest BCUT2D eigenvalue weighted by Crippen LogP contribution is -2.26. The van der Waals surface area contributed by atoms with Gasteiger partial charge in [-0.3, -0.25) is 4.57 Å². The largest absolute Gasteiger partial charge is 0.454 e. The fraction of sp³-hybridized carbons (Fsp3) is 0.409. The van der Waals surface area contributed by atoms with Gasteiger partial charge in [-0.1, -0.05) is 6.07 Å². The van der Waals surface area contributed by atoms with E-state index in [1.165, 1.54) is 5.56 Å². The average Bonchev–Trinajstić information content (AvgIpc) is 3.42. The fourth-order valence-corrected chi connectivity index (χ4v) is 3.49. The van der Waals surface area contributed by atoms with Crippen LogP contribution >= 0.6 is 0 Å². The van der Waals surface area contributed by atoms with Crippen molar-refractivity contribution in [2.75, 3.05) is 26.9 Å². The number of benzene rings is 1. The molecule has 8 heteroatoms. The van der Waals surface area contributed by atoms with E-state index in [2.05, 4.69) is 46.3 Å². The van der Waals surface area contributed by atoms with Gasteiger partial charge in [-0.15, -0.1) is 0 Å². The van der Waals surface area contributed by atoms with Gasteiger partial charge in [0.05, 0.1) is 5.69 Å². The molecular weight excluding hydrogens is 380 g/mol. The molecule has 30 heavy (non-hydrogen) atoms. The third-order valence-corrected chi connectivity index (χ3v) is 5.10. The maximum absolute atomic E-state index is 5.46. The molecule has 3 heterocycles. The Labute approximate surface area is 176 Å². The van der Waals surface area contributed by atoms with Crippen LogP contribution in [-0.2, 0) is 6.54 Å². The SMILES string of the molecule is Cc1cc(C(C)NCCCN(C)Cc2ccc3c(c2)OCO3)nc(-n2ccnc2)n1. The van der Waals surface area contributed by atoms with Gasteiger partial charge in [-0.2, -0.15) is 0 Å². The number of hydrogen-bond acceptors (Lipinski definition) is 7. The maximum atomic E-state index is 5.46. The Morgan fingerprint density at radius 1 is 1.20 bits per heavy atom. The summed E-state index contributed by atoms with van der Waals surface area (Å²) >= 11 is 0. The van der Waals surface area contributed by atoms with E-state index in [1.807, 2.05) is 29.8 Å². The number of imidazole rings is 1. The van der Waals surface area contributed by atoms with Gasteiger partial charge in [0.1, 0.15) is 6.33 Å². The highest BCUT2D eigenvalue weighted by Gasteiger charge is 2.14. The van der Waals surface area contributed by atoms with Crippen LogP contribution in [0.4, 0.5) is 0 Å². The van der Waals surface area contributed by atoms with Crippen molar-refractivity contribution >= 4 is 0 Å². The summed E-state index contributed by atoms with van der Waals surface area (Å²) in [4.78, 5) is 15.6. The lowest BCUT2D eigenvalue weighted by atomic mass is 10.2. The Balaban J connectivity index is 1.24. The van der Waals surface area contributed by atoms with E-state index >= 15 is 0 Å². The summed E-state index contributed by atoms with van der Waals surface area (Å²) in [7, 11) is 2.14. The molecule has 0 saturated carbocycles. The van der Waals surface area contributed by atoms with E-state index in [4.69, 9.17) is 14.5 Å². The van der Waals surface area contributed by atoms with E-state index < -0.39 is 0 Å². The lowest BCUT2D eigenvalue weighted by Gasteiger charge is -2.19. The number of hydrogen-bond donors (Lipinski definition) is 1. The van der Waals surface area contributed by atoms with Crippen LogP contribution in [0.25, 0.3) is 5.95 Å². The zero-order chi connectivity index (χ0) is 20.9. The van der Waals surface area contributed by atoms with Gasteiger partial charge >= 0.3 is 0 Å². The molecule has 158 valence electrons. The first-order valence-corrected chi connectivity index (χ1v) is 10.2. The Hall–Kier alpha value is -2.97. The molecule has 1 aliphatic rings. The van der Waals surface area contributed by atoms with Crippen LogP contribution in [0.3, 0.4) is 0 Å². The van der Waals surface area contributed by atoms with Crippen molar-refractivity contribution in [3.8, 4) is 17.4 Å². The second-order valence-corrected chi connectivity index (χ2v) is 7.66. The first-order valence-electron chi connectivity index (χ1n) is 10.2. The minimum Gasteiger partial charge on any atom is -0.454 e. The van der Waals surface area contributed by atoms with Gasteiger partial charge in [0, 0.05) is 30.7 Å². The highest BCUT2D eigenvalue weighted by Crippen LogP contribution is 2.32. The molecule has 4 rings (SSSR count). The molecule has 0 bridgehead atoms. The van der Waals surface area contributed by atoms with Crippen LogP contribution in [0.15, 0.2) is 43.0 Å². The predicted molar refractivity (Wildman–Crippen MR) is 114 cm³/mol. The Kier molecular flexibility index (Phi) is 6.25. The van der Waals surface area contributed by atoms with Crippen molar-refractivity contribution in [1.29, 1.82) is 0 Å². The summed E-state index contributed by atoms with van der Waals surface area (Å²) in [6.45, 7) is 7.23. The van der Waals surface area contributed by atoms with Gasteiger partial charge in [0.15, 0.2) is 11.5 Å². The lowest BCUT2D eigenvalue weighted by molar-refractivity contribution is 0.174. The van der Waals surface area contributed by atoms with Gasteiger partial charge in [0.25, 0.3) is 0 Å². The molecule has 0 fully saturated rings. The number of nitrogens with zero attached hydrogens (tertiary/aromatic N) is 5. The quantitative estimate of drug-likeness (QED) is 0.546. The third-order valence-electron chi connectivity index (χ3n) is 5.10. The van der Waals surface area contributed by atoms with Gasteiger partial charge in [-0.25, -0.2) is 15.0 Å². The van der Waals surface area contributed by atoms with Crippen molar-refractivity contribution in [2.24, 2.45) is 0 Å². The van der Waals surface area contributed by atoms with Gasteiger partial charge in [-0.05, 0) is 64.2 Å². The van der Waals surface area contributed by atoms with E-state index in [-0.39, 0.29) is 6.04 Å². The van der Waals surface area contributed by atoms with Crippen LogP contribution in [0, 0.1) is 6.92 Å². The van der Waals surface area contributed by atoms with E-state index in [1.54, 1.807) is 12.5 Å². The van der Waals surface area contributed by atoms with Crippen molar-refractivity contribution in [2.45, 2.75) is 32.9 Å². The molecule has 0 radical (unpaired) electrons. The number of nitrogens with one attached hydrogen (secondary N) is 1. The number of aryl methyl sites for hydroxylation is 1. The standard InChI is InChI=1S/C22H28N6O2/c1-16-11-19(26-22(25-16)28-10-8-23-14-28)17(2)24-7-4-9-27(3)13-18-5-6-20-21(12-18)30-15-29-20/h5-6,8,10-12,14,17,24H,4,7,9,13,15H2,1-3H3. The number of aromatic nitrogens is 4. The summed E-state index contributed by atoms with van der Waals surface area (Å²) in [6, 6.07) is 8.32. The number of rotatable bonds is 9. The maximum Gasteiger partial charge on any atom is 0.235 e. The summed E-state index contributed by atoms with van der Waals surface area (Å²) in [6.07, 6.45) is 6.34. The third kappa shape index (κ3) is 4.95.